The predicted octanol–water partition coefficient (Wildman–Crippen LogP) is -1.02. The topological polar surface area (TPSA) is 120 Å². The van der Waals surface area contributed by atoms with Crippen molar-refractivity contribution >= 4 is 11.8 Å². The normalized spacial score (nSPS) is 24.2. The fourth-order valence-corrected chi connectivity index (χ4v) is 2.87. The van der Waals surface area contributed by atoms with Crippen LogP contribution in [0.4, 0.5) is 0 Å². The molecule has 1 aliphatic heterocycles. The van der Waals surface area contributed by atoms with Gasteiger partial charge in [0.2, 0.25) is 5.91 Å². The number of carbonyl (C=O) groups excluding carboxylic acids is 2. The van der Waals surface area contributed by atoms with Crippen molar-refractivity contribution in [1.82, 2.24) is 15.5 Å². The summed E-state index contributed by atoms with van der Waals surface area (Å²) in [6.07, 6.45) is -4.05. The maximum absolute atomic E-state index is 12.2. The molecule has 1 heterocycles. The average Bonchev–Trinajstić information content (AvgIpc) is 2.93. The first-order chi connectivity index (χ1) is 13.3. The lowest BCUT2D eigenvalue weighted by molar-refractivity contribution is -0.125. The Labute approximate surface area is 164 Å². The molecule has 4 N–H and O–H groups in total. The lowest BCUT2D eigenvalue weighted by atomic mass is 10.1. The van der Waals surface area contributed by atoms with Crippen LogP contribution in [0.5, 0.6) is 5.75 Å². The summed E-state index contributed by atoms with van der Waals surface area (Å²) in [6, 6.07) is 6.58. The molecule has 0 aliphatic carbocycles. The molecule has 0 aromatic heterocycles. The first kappa shape index (κ1) is 22.1. The van der Waals surface area contributed by atoms with Crippen LogP contribution in [0, 0.1) is 0 Å². The summed E-state index contributed by atoms with van der Waals surface area (Å²) in [7, 11) is 5.34. The van der Waals surface area contributed by atoms with E-state index >= 15 is 0 Å². The highest BCUT2D eigenvalue weighted by molar-refractivity contribution is 5.94. The lowest BCUT2D eigenvalue weighted by Crippen LogP contribution is -2.40. The number of nitrogens with zero attached hydrogens (tertiary/aromatic N) is 1. The van der Waals surface area contributed by atoms with Crippen LogP contribution in [0.15, 0.2) is 24.3 Å². The Hall–Kier alpha value is -2.20. The number of likely N-dealkylation sites (N-methyl/N-ethyl adjacent to an activating group) is 1. The molecule has 0 unspecified atom stereocenters. The number of nitrogens with one attached hydrogen (secondary N) is 2. The summed E-state index contributed by atoms with van der Waals surface area (Å²) >= 11 is 0. The molecule has 2 amide bonds. The van der Waals surface area contributed by atoms with Crippen molar-refractivity contribution in [2.24, 2.45) is 0 Å². The van der Waals surface area contributed by atoms with Gasteiger partial charge >= 0.3 is 0 Å². The van der Waals surface area contributed by atoms with Crippen molar-refractivity contribution in [3.8, 4) is 5.75 Å². The largest absolute Gasteiger partial charge is 0.497 e. The van der Waals surface area contributed by atoms with Gasteiger partial charge in [0.1, 0.15) is 24.1 Å². The number of amides is 2. The molecule has 1 fully saturated rings. The van der Waals surface area contributed by atoms with Crippen LogP contribution in [0.25, 0.3) is 0 Å². The SMILES string of the molecule is COc1ccc(C(=O)NC[C@H]2O[C@H](CC(=O)NCCN(C)C)[C@H](O)[C@@H]2O)cc1. The number of methoxy groups -OCH3 is 1. The smallest absolute Gasteiger partial charge is 0.251 e. The molecule has 0 radical (unpaired) electrons. The summed E-state index contributed by atoms with van der Waals surface area (Å²) in [5.74, 6) is 0.0414. The fourth-order valence-electron chi connectivity index (χ4n) is 2.87. The maximum atomic E-state index is 12.2. The molecule has 9 heteroatoms. The van der Waals surface area contributed by atoms with Crippen LogP contribution in [0.1, 0.15) is 16.8 Å². The highest BCUT2D eigenvalue weighted by Crippen LogP contribution is 2.23. The molecule has 156 valence electrons. The second-order valence-electron chi connectivity index (χ2n) is 6.99. The van der Waals surface area contributed by atoms with Gasteiger partial charge in [0.05, 0.1) is 19.6 Å². The van der Waals surface area contributed by atoms with Crippen molar-refractivity contribution < 1.29 is 29.3 Å². The summed E-state index contributed by atoms with van der Waals surface area (Å²) in [5.41, 5.74) is 0.436. The molecule has 1 aromatic carbocycles. The van der Waals surface area contributed by atoms with Gasteiger partial charge in [0.15, 0.2) is 0 Å². The van der Waals surface area contributed by atoms with Gasteiger partial charge < -0.3 is 35.2 Å². The third kappa shape index (κ3) is 6.16. The van der Waals surface area contributed by atoms with E-state index in [0.717, 1.165) is 0 Å². The Balaban J connectivity index is 1.81. The molecule has 0 saturated carbocycles. The number of aliphatic hydroxyl groups excluding tert-OH is 2. The third-order valence-electron chi connectivity index (χ3n) is 4.55. The molecule has 4 atom stereocenters. The Kier molecular flexibility index (Phi) is 8.18. The second-order valence-corrected chi connectivity index (χ2v) is 6.99. The molecule has 0 spiro atoms. The number of hydrogen-bond donors (Lipinski definition) is 4. The molecular weight excluding hydrogens is 366 g/mol. The van der Waals surface area contributed by atoms with Crippen LogP contribution in [-0.4, -0.2) is 92.2 Å². The minimum absolute atomic E-state index is 0.0157. The second kappa shape index (κ2) is 10.4. The predicted molar refractivity (Wildman–Crippen MR) is 102 cm³/mol. The van der Waals surface area contributed by atoms with E-state index in [1.165, 1.54) is 7.11 Å². The zero-order valence-electron chi connectivity index (χ0n) is 16.4. The standard InChI is InChI=1S/C19H29N3O6/c1-22(2)9-8-20-16(23)10-14-17(24)18(25)15(28-14)11-21-19(26)12-4-6-13(27-3)7-5-12/h4-7,14-15,17-18,24-25H,8-11H2,1-3H3,(H,20,23)(H,21,26)/t14-,15-,17+,18-/m1/s1. The highest BCUT2D eigenvalue weighted by Gasteiger charge is 2.43. The van der Waals surface area contributed by atoms with Crippen LogP contribution in [0.2, 0.25) is 0 Å². The van der Waals surface area contributed by atoms with E-state index in [4.69, 9.17) is 9.47 Å². The molecule has 1 saturated heterocycles. The number of rotatable bonds is 9. The quantitative estimate of drug-likeness (QED) is 0.422. The molecule has 0 bridgehead atoms. The van der Waals surface area contributed by atoms with Crippen molar-refractivity contribution in [2.45, 2.75) is 30.8 Å². The highest BCUT2D eigenvalue weighted by atomic mass is 16.5. The number of aliphatic hydroxyl groups is 2. The average molecular weight is 395 g/mol. The number of benzene rings is 1. The maximum Gasteiger partial charge on any atom is 0.251 e. The summed E-state index contributed by atoms with van der Waals surface area (Å²) < 4.78 is 10.6. The first-order valence-electron chi connectivity index (χ1n) is 9.17. The fraction of sp³-hybridized carbons (Fsp3) is 0.579. The Bertz CT molecular complexity index is 652. The van der Waals surface area contributed by atoms with Gasteiger partial charge in [-0.2, -0.15) is 0 Å². The minimum atomic E-state index is -1.19. The van der Waals surface area contributed by atoms with Gasteiger partial charge in [0.25, 0.3) is 5.91 Å². The Morgan fingerprint density at radius 2 is 1.75 bits per heavy atom. The van der Waals surface area contributed by atoms with E-state index in [2.05, 4.69) is 10.6 Å². The molecule has 1 aromatic rings. The van der Waals surface area contributed by atoms with Crippen molar-refractivity contribution in [2.75, 3.05) is 40.8 Å². The molecule has 9 nitrogen and oxygen atoms in total. The van der Waals surface area contributed by atoms with Crippen LogP contribution < -0.4 is 15.4 Å². The van der Waals surface area contributed by atoms with E-state index in [1.54, 1.807) is 24.3 Å². The third-order valence-corrected chi connectivity index (χ3v) is 4.55. The van der Waals surface area contributed by atoms with Gasteiger partial charge in [-0.3, -0.25) is 9.59 Å². The van der Waals surface area contributed by atoms with Gasteiger partial charge in [0, 0.05) is 25.2 Å². The zero-order valence-corrected chi connectivity index (χ0v) is 16.4. The van der Waals surface area contributed by atoms with E-state index < -0.39 is 24.4 Å². The molecular formula is C19H29N3O6. The van der Waals surface area contributed by atoms with E-state index in [0.29, 0.717) is 24.4 Å². The number of ether oxygens (including phenoxy) is 2. The minimum Gasteiger partial charge on any atom is -0.497 e. The van der Waals surface area contributed by atoms with Crippen molar-refractivity contribution in [3.05, 3.63) is 29.8 Å². The zero-order chi connectivity index (χ0) is 20.7. The van der Waals surface area contributed by atoms with Gasteiger partial charge in [-0.05, 0) is 38.4 Å². The molecule has 1 aliphatic rings. The lowest BCUT2D eigenvalue weighted by Gasteiger charge is -2.16. The van der Waals surface area contributed by atoms with Gasteiger partial charge in [-0.15, -0.1) is 0 Å². The van der Waals surface area contributed by atoms with Gasteiger partial charge in [-0.25, -0.2) is 0 Å². The number of carbonyl (C=O) groups is 2. The van der Waals surface area contributed by atoms with E-state index in [1.807, 2.05) is 19.0 Å². The monoisotopic (exact) mass is 395 g/mol. The van der Waals surface area contributed by atoms with Crippen LogP contribution in [-0.2, 0) is 9.53 Å². The van der Waals surface area contributed by atoms with E-state index in [9.17, 15) is 19.8 Å². The van der Waals surface area contributed by atoms with Crippen molar-refractivity contribution in [1.29, 1.82) is 0 Å². The summed E-state index contributed by atoms with van der Waals surface area (Å²) in [6.45, 7) is 1.20. The Morgan fingerprint density at radius 1 is 1.11 bits per heavy atom. The Morgan fingerprint density at radius 3 is 2.36 bits per heavy atom. The number of hydrogen-bond acceptors (Lipinski definition) is 7. The van der Waals surface area contributed by atoms with Crippen LogP contribution >= 0.6 is 0 Å². The first-order valence-corrected chi connectivity index (χ1v) is 9.17. The van der Waals surface area contributed by atoms with Gasteiger partial charge in [-0.1, -0.05) is 0 Å². The summed E-state index contributed by atoms with van der Waals surface area (Å²) in [4.78, 5) is 26.1. The summed E-state index contributed by atoms with van der Waals surface area (Å²) in [5, 5.41) is 25.7. The molecule has 28 heavy (non-hydrogen) atoms. The van der Waals surface area contributed by atoms with Crippen molar-refractivity contribution in [3.63, 3.8) is 0 Å². The molecule has 2 rings (SSSR count). The van der Waals surface area contributed by atoms with E-state index in [-0.39, 0.29) is 24.8 Å². The van der Waals surface area contributed by atoms with Crippen LogP contribution in [0.3, 0.4) is 0 Å².